The Hall–Kier alpha value is -4.19. The van der Waals surface area contributed by atoms with Gasteiger partial charge in [0.05, 0.1) is 58.0 Å². The van der Waals surface area contributed by atoms with Crippen LogP contribution in [0.3, 0.4) is 0 Å². The number of β-amino-alcohol motifs (C(OH)–C–C–N with tert-alkyl or cyclic N) is 2. The second-order valence-electron chi connectivity index (χ2n) is 16.8. The van der Waals surface area contributed by atoms with Crippen LogP contribution in [-0.2, 0) is 33.6 Å². The Morgan fingerprint density at radius 3 is 0.831 bits per heavy atom. The maximum Gasteiger partial charge on any atom is 0.317 e. The van der Waals surface area contributed by atoms with E-state index in [-0.39, 0.29) is 164 Å². The molecule has 0 aromatic carbocycles. The Labute approximate surface area is 378 Å². The molecule has 0 saturated carbocycles. The van der Waals surface area contributed by atoms with Crippen molar-refractivity contribution in [3.63, 3.8) is 0 Å². The highest BCUT2D eigenvalue weighted by Crippen LogP contribution is 2.07. The van der Waals surface area contributed by atoms with Crippen molar-refractivity contribution < 1.29 is 79.5 Å². The third-order valence-corrected chi connectivity index (χ3v) is 11.1. The molecule has 374 valence electrons. The molecule has 2 saturated heterocycles. The van der Waals surface area contributed by atoms with E-state index in [1.807, 2.05) is 9.80 Å². The number of carbonyl (C=O) groups is 7. The zero-order chi connectivity index (χ0) is 48.5. The van der Waals surface area contributed by atoms with Crippen molar-refractivity contribution in [1.29, 1.82) is 0 Å². The lowest BCUT2D eigenvalue weighted by atomic mass is 10.2. The Balaban J connectivity index is 2.09. The van der Waals surface area contributed by atoms with Crippen LogP contribution in [0.4, 0.5) is 0 Å². The Morgan fingerprint density at radius 1 is 0.369 bits per heavy atom. The van der Waals surface area contributed by atoms with Gasteiger partial charge in [-0.2, -0.15) is 0 Å². The molecule has 2 rings (SSSR count). The van der Waals surface area contributed by atoms with Gasteiger partial charge in [0.1, 0.15) is 0 Å². The van der Waals surface area contributed by atoms with Crippen LogP contribution in [0.15, 0.2) is 0 Å². The fourth-order valence-corrected chi connectivity index (χ4v) is 7.82. The number of nitrogens with zero attached hydrogens (tertiary/aromatic N) is 10. The minimum atomic E-state index is -1.13. The summed E-state index contributed by atoms with van der Waals surface area (Å²) in [7, 11) is 1.74. The molecule has 65 heavy (non-hydrogen) atoms. The minimum absolute atomic E-state index is 0.0530. The molecule has 2 unspecified atom stereocenters. The van der Waals surface area contributed by atoms with Gasteiger partial charge in [0.25, 0.3) is 0 Å². The molecular weight excluding hydrogens is 864 g/mol. The third-order valence-electron chi connectivity index (χ3n) is 11.1. The van der Waals surface area contributed by atoms with Crippen LogP contribution in [0, 0.1) is 0 Å². The van der Waals surface area contributed by atoms with Gasteiger partial charge in [-0.25, -0.2) is 0 Å². The number of hydrogen-bond acceptors (Lipinski definition) is 19. The van der Waals surface area contributed by atoms with Gasteiger partial charge in [-0.15, -0.1) is 0 Å². The molecule has 0 bridgehead atoms. The molecule has 0 aromatic rings. The molecule has 0 aromatic heterocycles. The lowest BCUT2D eigenvalue weighted by Gasteiger charge is -2.34. The van der Waals surface area contributed by atoms with Crippen LogP contribution in [-0.4, -0.2) is 346 Å². The van der Waals surface area contributed by atoms with E-state index in [0.29, 0.717) is 19.6 Å². The van der Waals surface area contributed by atoms with Crippen molar-refractivity contribution in [2.24, 2.45) is 0 Å². The normalized spacial score (nSPS) is 20.0. The number of aliphatic hydroxyl groups excluding tert-OH is 2. The van der Waals surface area contributed by atoms with Crippen molar-refractivity contribution in [3.05, 3.63) is 0 Å². The summed E-state index contributed by atoms with van der Waals surface area (Å²) >= 11 is 0. The summed E-state index contributed by atoms with van der Waals surface area (Å²) in [6, 6.07) is 0. The van der Waals surface area contributed by atoms with E-state index in [0.717, 1.165) is 0 Å². The molecule has 0 amide bonds. The highest BCUT2D eigenvalue weighted by atomic mass is 16.4. The number of aliphatic carboxylic acids is 7. The largest absolute Gasteiger partial charge is 0.480 e. The average molecular weight is 937 g/mol. The molecule has 2 atom stereocenters. The lowest BCUT2D eigenvalue weighted by Crippen LogP contribution is -2.51. The zero-order valence-electron chi connectivity index (χ0n) is 37.5. The number of carboxylic acids is 7. The van der Waals surface area contributed by atoms with E-state index in [2.05, 4.69) is 0 Å². The molecular formula is C39H72N10O16. The molecule has 2 fully saturated rings. The summed E-state index contributed by atoms with van der Waals surface area (Å²) in [5.41, 5.74) is 0. The topological polar surface area (TPSA) is 334 Å². The maximum atomic E-state index is 11.9. The van der Waals surface area contributed by atoms with Crippen LogP contribution in [0.1, 0.15) is 0 Å². The predicted octanol–water partition coefficient (Wildman–Crippen LogP) is -6.02. The molecule has 0 aliphatic carbocycles. The first-order valence-electron chi connectivity index (χ1n) is 21.7. The molecule has 2 aliphatic rings. The Morgan fingerprint density at radius 2 is 0.600 bits per heavy atom. The van der Waals surface area contributed by atoms with Crippen LogP contribution in [0.5, 0.6) is 0 Å². The first-order chi connectivity index (χ1) is 30.6. The van der Waals surface area contributed by atoms with Crippen molar-refractivity contribution >= 4 is 41.8 Å². The van der Waals surface area contributed by atoms with E-state index in [4.69, 9.17) is 0 Å². The van der Waals surface area contributed by atoms with Gasteiger partial charge in [-0.05, 0) is 7.05 Å². The van der Waals surface area contributed by atoms with Crippen LogP contribution in [0.2, 0.25) is 0 Å². The summed E-state index contributed by atoms with van der Waals surface area (Å²) in [4.78, 5) is 98.6. The van der Waals surface area contributed by atoms with Crippen LogP contribution < -0.4 is 0 Å². The van der Waals surface area contributed by atoms with E-state index in [9.17, 15) is 79.5 Å². The van der Waals surface area contributed by atoms with Crippen molar-refractivity contribution in [3.8, 4) is 0 Å². The third kappa shape index (κ3) is 27.8. The highest BCUT2D eigenvalue weighted by Gasteiger charge is 2.25. The molecule has 26 nitrogen and oxygen atoms in total. The summed E-state index contributed by atoms with van der Waals surface area (Å²) in [6.45, 7) is 2.86. The van der Waals surface area contributed by atoms with E-state index < -0.39 is 60.5 Å². The first-order valence-corrected chi connectivity index (χ1v) is 21.7. The molecule has 0 spiro atoms. The van der Waals surface area contributed by atoms with Gasteiger partial charge in [0.15, 0.2) is 0 Å². The van der Waals surface area contributed by atoms with E-state index in [1.165, 1.54) is 0 Å². The molecule has 26 heteroatoms. The van der Waals surface area contributed by atoms with Crippen molar-refractivity contribution in [2.75, 3.05) is 197 Å². The number of hydrogen-bond donors (Lipinski definition) is 9. The van der Waals surface area contributed by atoms with Crippen molar-refractivity contribution in [2.45, 2.75) is 12.2 Å². The van der Waals surface area contributed by atoms with Gasteiger partial charge >= 0.3 is 41.8 Å². The average Bonchev–Trinajstić information content (AvgIpc) is 3.17. The SMILES string of the molecule is CN(CCN(CC(=O)O)CC(O)CN1CCN(CC(=O)O)CCN(CC(=O)O)CCN(CC(=O)O)CC1)CC(O)CN1CCN(CC(=O)O)CCN(CC(=O)O)CCN(CC(=O)O)CC1. The summed E-state index contributed by atoms with van der Waals surface area (Å²) < 4.78 is 0. The van der Waals surface area contributed by atoms with Crippen LogP contribution >= 0.6 is 0 Å². The first kappa shape index (κ1) is 56.9. The molecule has 9 N–H and O–H groups in total. The summed E-state index contributed by atoms with van der Waals surface area (Å²) in [6.07, 6.45) is -1.99. The van der Waals surface area contributed by atoms with E-state index >= 15 is 0 Å². The van der Waals surface area contributed by atoms with E-state index in [1.54, 1.807) is 46.2 Å². The van der Waals surface area contributed by atoms with Gasteiger partial charge in [-0.1, -0.05) is 0 Å². The number of aliphatic hydroxyl groups is 2. The number of rotatable bonds is 25. The monoisotopic (exact) mass is 937 g/mol. The molecule has 2 aliphatic heterocycles. The quantitative estimate of drug-likeness (QED) is 0.0411. The minimum Gasteiger partial charge on any atom is -0.480 e. The van der Waals surface area contributed by atoms with Crippen LogP contribution in [0.25, 0.3) is 0 Å². The smallest absolute Gasteiger partial charge is 0.317 e. The maximum absolute atomic E-state index is 11.9. The Bertz CT molecular complexity index is 1440. The van der Waals surface area contributed by atoms with Gasteiger partial charge < -0.3 is 50.9 Å². The fraction of sp³-hybridized carbons (Fsp3) is 0.821. The van der Waals surface area contributed by atoms with Crippen molar-refractivity contribution in [1.82, 2.24) is 49.0 Å². The predicted molar refractivity (Wildman–Crippen MR) is 231 cm³/mol. The number of likely N-dealkylation sites (N-methyl/N-ethyl adjacent to an activating group) is 1. The second-order valence-corrected chi connectivity index (χ2v) is 16.8. The number of carboxylic acid groups (broad SMARTS) is 7. The zero-order valence-corrected chi connectivity index (χ0v) is 37.5. The summed E-state index contributed by atoms with van der Waals surface area (Å²) in [5, 5.41) is 89.1. The van der Waals surface area contributed by atoms with Gasteiger partial charge in [0, 0.05) is 144 Å². The highest BCUT2D eigenvalue weighted by molar-refractivity contribution is 5.71. The standard InChI is InChI=1S/C39H72N10O16/c1-40(20-31(50)21-41-4-8-43(24-33(52)53)12-16-47(28-37(60)61)17-13-44(9-5-41)25-34(54)55)2-3-49(30-39(64)65)23-32(51)22-42-6-10-45(26-35(56)57)14-18-48(29-38(62)63)19-15-46(11-7-42)27-36(58)59/h31-32,50-51H,2-30H2,1H3,(H,52,53)(H,54,55)(H,56,57)(H,58,59)(H,60,61)(H,62,63)(H,64,65). The van der Waals surface area contributed by atoms with Gasteiger partial charge in [-0.3, -0.25) is 77.7 Å². The Kier molecular flexibility index (Phi) is 27.1. The summed E-state index contributed by atoms with van der Waals surface area (Å²) in [5.74, 6) is -7.50. The molecule has 2 heterocycles. The molecule has 0 radical (unpaired) electrons. The fourth-order valence-electron chi connectivity index (χ4n) is 7.82. The lowest BCUT2D eigenvalue weighted by molar-refractivity contribution is -0.140. The van der Waals surface area contributed by atoms with Gasteiger partial charge in [0.2, 0.25) is 0 Å². The second kappa shape index (κ2) is 30.9.